The first-order valence-electron chi connectivity index (χ1n) is 8.10. The molecule has 1 atom stereocenters. The van der Waals surface area contributed by atoms with E-state index in [1.54, 1.807) is 12.1 Å². The third-order valence-electron chi connectivity index (χ3n) is 4.04. The number of hydrogen-bond acceptors (Lipinski definition) is 2. The van der Waals surface area contributed by atoms with Crippen LogP contribution in [-0.2, 0) is 6.54 Å². The van der Waals surface area contributed by atoms with Crippen molar-refractivity contribution in [3.63, 3.8) is 0 Å². The molecular weight excluding hydrogens is 402 g/mol. The average molecular weight is 426 g/mol. The molecule has 0 aliphatic heterocycles. The average Bonchev–Trinajstić information content (AvgIpc) is 2.54. The third kappa shape index (κ3) is 5.77. The minimum Gasteiger partial charge on any atom is -0.398 e. The lowest BCUT2D eigenvalue weighted by Crippen LogP contribution is -2.17. The molecule has 2 aromatic carbocycles. The summed E-state index contributed by atoms with van der Waals surface area (Å²) in [6, 6.07) is 13.1. The van der Waals surface area contributed by atoms with Crippen LogP contribution in [0.4, 0.5) is 10.1 Å². The molecule has 1 unspecified atom stereocenters. The van der Waals surface area contributed by atoms with Crippen molar-refractivity contribution in [2.75, 3.05) is 12.3 Å². The van der Waals surface area contributed by atoms with Crippen LogP contribution in [0.3, 0.4) is 0 Å². The Labute approximate surface area is 151 Å². The lowest BCUT2D eigenvalue weighted by atomic mass is 9.91. The Morgan fingerprint density at radius 1 is 1.13 bits per heavy atom. The maximum Gasteiger partial charge on any atom is 0.123 e. The summed E-state index contributed by atoms with van der Waals surface area (Å²) >= 11 is 2.26. The van der Waals surface area contributed by atoms with Gasteiger partial charge < -0.3 is 11.1 Å². The van der Waals surface area contributed by atoms with Crippen molar-refractivity contribution >= 4 is 28.3 Å². The Balaban J connectivity index is 1.84. The fourth-order valence-electron chi connectivity index (χ4n) is 2.75. The number of hydrogen-bond donors (Lipinski definition) is 2. The molecule has 0 heterocycles. The molecule has 124 valence electrons. The standard InChI is InChI=1S/C19H24FIN2/c1-2-3-15(16-5-7-17(20)8-6-16)10-11-23-13-14-4-9-19(22)18(21)12-14/h4-9,12,15,23H,2-3,10-11,13,22H2,1H3. The highest BCUT2D eigenvalue weighted by molar-refractivity contribution is 14.1. The van der Waals surface area contributed by atoms with Gasteiger partial charge in [0, 0.05) is 15.8 Å². The largest absolute Gasteiger partial charge is 0.398 e. The van der Waals surface area contributed by atoms with Crippen LogP contribution >= 0.6 is 22.6 Å². The summed E-state index contributed by atoms with van der Waals surface area (Å²) in [7, 11) is 0. The van der Waals surface area contributed by atoms with Crippen molar-refractivity contribution in [3.8, 4) is 0 Å². The highest BCUT2D eigenvalue weighted by atomic mass is 127. The van der Waals surface area contributed by atoms with Gasteiger partial charge in [-0.25, -0.2) is 4.39 Å². The van der Waals surface area contributed by atoms with Gasteiger partial charge >= 0.3 is 0 Å². The number of halogens is 2. The Kier molecular flexibility index (Phi) is 7.30. The van der Waals surface area contributed by atoms with E-state index >= 15 is 0 Å². The molecule has 0 radical (unpaired) electrons. The molecule has 0 amide bonds. The molecule has 3 N–H and O–H groups in total. The second kappa shape index (κ2) is 9.23. The van der Waals surface area contributed by atoms with Gasteiger partial charge in [-0.3, -0.25) is 0 Å². The van der Waals surface area contributed by atoms with Gasteiger partial charge in [0.05, 0.1) is 0 Å². The number of nitrogens with two attached hydrogens (primary N) is 1. The molecular formula is C19H24FIN2. The molecule has 4 heteroatoms. The molecule has 0 saturated carbocycles. The van der Waals surface area contributed by atoms with Crippen LogP contribution in [0, 0.1) is 9.39 Å². The van der Waals surface area contributed by atoms with Crippen LogP contribution in [0.2, 0.25) is 0 Å². The van der Waals surface area contributed by atoms with Crippen molar-refractivity contribution < 1.29 is 4.39 Å². The van der Waals surface area contributed by atoms with E-state index in [0.29, 0.717) is 5.92 Å². The Morgan fingerprint density at radius 2 is 1.87 bits per heavy atom. The highest BCUT2D eigenvalue weighted by Gasteiger charge is 2.10. The van der Waals surface area contributed by atoms with Gasteiger partial charge in [0.2, 0.25) is 0 Å². The van der Waals surface area contributed by atoms with Crippen LogP contribution in [0.5, 0.6) is 0 Å². The van der Waals surface area contributed by atoms with E-state index in [4.69, 9.17) is 5.73 Å². The second-order valence-corrected chi connectivity index (χ2v) is 7.02. The molecule has 2 rings (SSSR count). The molecule has 2 aromatic rings. The third-order valence-corrected chi connectivity index (χ3v) is 4.98. The maximum atomic E-state index is 13.1. The van der Waals surface area contributed by atoms with E-state index < -0.39 is 0 Å². The molecule has 0 aliphatic carbocycles. The van der Waals surface area contributed by atoms with Gasteiger partial charge in [0.15, 0.2) is 0 Å². The molecule has 0 spiro atoms. The fraction of sp³-hybridized carbons (Fsp3) is 0.368. The molecule has 2 nitrogen and oxygen atoms in total. The fourth-order valence-corrected chi connectivity index (χ4v) is 3.33. The molecule has 0 bridgehead atoms. The zero-order valence-corrected chi connectivity index (χ0v) is 15.6. The van der Waals surface area contributed by atoms with Gasteiger partial charge in [-0.15, -0.1) is 0 Å². The lowest BCUT2D eigenvalue weighted by molar-refractivity contribution is 0.530. The number of nitrogens with one attached hydrogen (secondary N) is 1. The quantitative estimate of drug-likeness (QED) is 0.351. The number of nitrogen functional groups attached to an aromatic ring is 1. The van der Waals surface area contributed by atoms with Gasteiger partial charge in [-0.2, -0.15) is 0 Å². The minimum absolute atomic E-state index is 0.167. The lowest BCUT2D eigenvalue weighted by Gasteiger charge is -2.17. The monoisotopic (exact) mass is 426 g/mol. The summed E-state index contributed by atoms with van der Waals surface area (Å²) in [5.74, 6) is 0.319. The van der Waals surface area contributed by atoms with Crippen LogP contribution in [0.25, 0.3) is 0 Å². The first-order chi connectivity index (χ1) is 11.1. The Bertz CT molecular complexity index is 613. The Morgan fingerprint density at radius 3 is 2.52 bits per heavy atom. The summed E-state index contributed by atoms with van der Waals surface area (Å²) in [5, 5.41) is 3.50. The van der Waals surface area contributed by atoms with Crippen molar-refractivity contribution in [1.29, 1.82) is 0 Å². The highest BCUT2D eigenvalue weighted by Crippen LogP contribution is 2.24. The van der Waals surface area contributed by atoms with Gasteiger partial charge in [-0.1, -0.05) is 31.5 Å². The van der Waals surface area contributed by atoms with Crippen LogP contribution in [0.15, 0.2) is 42.5 Å². The summed E-state index contributed by atoms with van der Waals surface area (Å²) in [6.45, 7) is 3.99. The predicted octanol–water partition coefficient (Wildman–Crippen LogP) is 5.08. The summed E-state index contributed by atoms with van der Waals surface area (Å²) < 4.78 is 14.2. The first kappa shape index (κ1) is 18.2. The zero-order chi connectivity index (χ0) is 16.7. The summed E-state index contributed by atoms with van der Waals surface area (Å²) in [6.07, 6.45) is 3.33. The first-order valence-corrected chi connectivity index (χ1v) is 9.18. The summed E-state index contributed by atoms with van der Waals surface area (Å²) in [5.41, 5.74) is 9.15. The van der Waals surface area contributed by atoms with E-state index in [1.807, 2.05) is 18.2 Å². The predicted molar refractivity (Wildman–Crippen MR) is 104 cm³/mol. The van der Waals surface area contributed by atoms with Crippen molar-refractivity contribution in [1.82, 2.24) is 5.32 Å². The second-order valence-electron chi connectivity index (χ2n) is 5.86. The van der Waals surface area contributed by atoms with Crippen LogP contribution in [0.1, 0.15) is 43.2 Å². The number of anilines is 1. The van der Waals surface area contributed by atoms with E-state index in [9.17, 15) is 4.39 Å². The molecule has 0 saturated heterocycles. The maximum absolute atomic E-state index is 13.1. The van der Waals surface area contributed by atoms with Crippen molar-refractivity contribution in [2.24, 2.45) is 0 Å². The van der Waals surface area contributed by atoms with E-state index in [2.05, 4.69) is 47.0 Å². The number of rotatable bonds is 8. The van der Waals surface area contributed by atoms with Crippen LogP contribution in [-0.4, -0.2) is 6.54 Å². The topological polar surface area (TPSA) is 38.0 Å². The Hall–Kier alpha value is -1.14. The van der Waals surface area contributed by atoms with E-state index in [0.717, 1.165) is 41.6 Å². The van der Waals surface area contributed by atoms with Crippen molar-refractivity contribution in [3.05, 3.63) is 63.0 Å². The number of benzene rings is 2. The molecule has 0 fully saturated rings. The van der Waals surface area contributed by atoms with Gasteiger partial charge in [0.25, 0.3) is 0 Å². The zero-order valence-electron chi connectivity index (χ0n) is 13.5. The van der Waals surface area contributed by atoms with Crippen molar-refractivity contribution in [2.45, 2.75) is 38.6 Å². The summed E-state index contributed by atoms with van der Waals surface area (Å²) in [4.78, 5) is 0. The van der Waals surface area contributed by atoms with Crippen LogP contribution < -0.4 is 11.1 Å². The molecule has 0 aromatic heterocycles. The van der Waals surface area contributed by atoms with Gasteiger partial charge in [0.1, 0.15) is 5.82 Å². The smallest absolute Gasteiger partial charge is 0.123 e. The van der Waals surface area contributed by atoms with Gasteiger partial charge in [-0.05, 0) is 83.3 Å². The molecule has 0 aliphatic rings. The minimum atomic E-state index is -0.167. The van der Waals surface area contributed by atoms with E-state index in [1.165, 1.54) is 11.1 Å². The molecule has 23 heavy (non-hydrogen) atoms. The van der Waals surface area contributed by atoms with E-state index in [-0.39, 0.29) is 5.82 Å². The normalized spacial score (nSPS) is 12.3. The SMILES string of the molecule is CCCC(CCNCc1ccc(N)c(I)c1)c1ccc(F)cc1.